The Kier molecular flexibility index (Phi) is 5.47. The zero-order valence-electron chi connectivity index (χ0n) is 16.6. The van der Waals surface area contributed by atoms with Gasteiger partial charge in [-0.05, 0) is 27.7 Å². The Morgan fingerprint density at radius 3 is 2.36 bits per heavy atom. The van der Waals surface area contributed by atoms with Crippen molar-refractivity contribution in [3.63, 3.8) is 0 Å². The van der Waals surface area contributed by atoms with Gasteiger partial charge < -0.3 is 5.32 Å². The van der Waals surface area contributed by atoms with Crippen LogP contribution in [0.15, 0.2) is 23.6 Å². The second kappa shape index (κ2) is 7.68. The maximum atomic E-state index is 12.5. The smallest absolute Gasteiger partial charge is 0.244 e. The second-order valence-electron chi connectivity index (χ2n) is 6.49. The molecule has 0 aromatic carbocycles. The van der Waals surface area contributed by atoms with Crippen molar-refractivity contribution < 1.29 is 8.42 Å². The number of hydrogen-bond acceptors (Lipinski definition) is 7. The van der Waals surface area contributed by atoms with Crippen LogP contribution in [-0.2, 0) is 17.1 Å². The first-order valence-corrected chi connectivity index (χ1v) is 10.3. The SMILES string of the molecule is Cc1nn(C)c(C)c1S(=O)(=O)NCCNc1cc(-n2cnc(C)c2C)ncn1. The topological polar surface area (TPSA) is 120 Å². The van der Waals surface area contributed by atoms with Crippen LogP contribution in [0, 0.1) is 27.7 Å². The predicted octanol–water partition coefficient (Wildman–Crippen LogP) is 1.02. The summed E-state index contributed by atoms with van der Waals surface area (Å²) < 4.78 is 31.1. The zero-order chi connectivity index (χ0) is 20.5. The highest BCUT2D eigenvalue weighted by Gasteiger charge is 2.23. The van der Waals surface area contributed by atoms with Gasteiger partial charge in [-0.25, -0.2) is 28.1 Å². The predicted molar refractivity (Wildman–Crippen MR) is 105 cm³/mol. The van der Waals surface area contributed by atoms with Gasteiger partial charge in [0.15, 0.2) is 0 Å². The van der Waals surface area contributed by atoms with E-state index in [2.05, 4.69) is 30.1 Å². The highest BCUT2D eigenvalue weighted by Crippen LogP contribution is 2.18. The minimum atomic E-state index is -3.63. The van der Waals surface area contributed by atoms with E-state index in [-0.39, 0.29) is 11.4 Å². The summed E-state index contributed by atoms with van der Waals surface area (Å²) in [6.45, 7) is 7.89. The number of nitrogens with one attached hydrogen (secondary N) is 2. The fourth-order valence-corrected chi connectivity index (χ4v) is 4.36. The lowest BCUT2D eigenvalue weighted by Crippen LogP contribution is -2.29. The van der Waals surface area contributed by atoms with Crippen molar-refractivity contribution in [3.8, 4) is 5.82 Å². The van der Waals surface area contributed by atoms with E-state index in [0.717, 1.165) is 11.4 Å². The Hall–Kier alpha value is -2.79. The van der Waals surface area contributed by atoms with E-state index in [9.17, 15) is 8.42 Å². The fraction of sp³-hybridized carbons (Fsp3) is 0.412. The molecule has 10 nitrogen and oxygen atoms in total. The summed E-state index contributed by atoms with van der Waals surface area (Å²) in [4.78, 5) is 12.9. The van der Waals surface area contributed by atoms with Crippen molar-refractivity contribution in [3.05, 3.63) is 41.5 Å². The first kappa shape index (κ1) is 20.0. The molecule has 0 amide bonds. The van der Waals surface area contributed by atoms with Gasteiger partial charge >= 0.3 is 0 Å². The summed E-state index contributed by atoms with van der Waals surface area (Å²) in [5, 5.41) is 7.26. The number of imidazole rings is 1. The van der Waals surface area contributed by atoms with E-state index in [1.165, 1.54) is 6.33 Å². The number of aryl methyl sites for hydroxylation is 3. The van der Waals surface area contributed by atoms with Gasteiger partial charge in [-0.3, -0.25) is 9.25 Å². The van der Waals surface area contributed by atoms with Crippen LogP contribution in [0.1, 0.15) is 22.8 Å². The van der Waals surface area contributed by atoms with Gasteiger partial charge in [0.1, 0.15) is 29.2 Å². The summed E-state index contributed by atoms with van der Waals surface area (Å²) >= 11 is 0. The Morgan fingerprint density at radius 1 is 1.00 bits per heavy atom. The average Bonchev–Trinajstić information content (AvgIpc) is 3.11. The second-order valence-corrected chi connectivity index (χ2v) is 8.20. The third kappa shape index (κ3) is 3.90. The molecule has 28 heavy (non-hydrogen) atoms. The van der Waals surface area contributed by atoms with Gasteiger partial charge in [-0.2, -0.15) is 5.10 Å². The third-order valence-corrected chi connectivity index (χ3v) is 6.30. The van der Waals surface area contributed by atoms with E-state index < -0.39 is 10.0 Å². The number of anilines is 1. The summed E-state index contributed by atoms with van der Waals surface area (Å²) in [7, 11) is -1.91. The highest BCUT2D eigenvalue weighted by atomic mass is 32.2. The van der Waals surface area contributed by atoms with Crippen LogP contribution in [0.2, 0.25) is 0 Å². The van der Waals surface area contributed by atoms with Crippen molar-refractivity contribution in [2.24, 2.45) is 7.05 Å². The van der Waals surface area contributed by atoms with Gasteiger partial charge in [0, 0.05) is 31.9 Å². The number of aromatic nitrogens is 6. The standard InChI is InChI=1S/C17H24N8O2S/c1-11-13(3)25(10-21-11)16-8-15(19-9-20-16)18-6-7-22-28(26,27)17-12(2)23-24(5)14(17)4/h8-10,22H,6-7H2,1-5H3,(H,18,19,20). The van der Waals surface area contributed by atoms with Gasteiger partial charge in [0.25, 0.3) is 0 Å². The molecule has 0 aliphatic heterocycles. The van der Waals surface area contributed by atoms with Gasteiger partial charge in [-0.15, -0.1) is 0 Å². The molecule has 0 atom stereocenters. The summed E-state index contributed by atoms with van der Waals surface area (Å²) in [5.74, 6) is 1.29. The largest absolute Gasteiger partial charge is 0.369 e. The Bertz CT molecular complexity index is 1100. The molecule has 0 aliphatic carbocycles. The van der Waals surface area contributed by atoms with Crippen molar-refractivity contribution in [2.45, 2.75) is 32.6 Å². The minimum Gasteiger partial charge on any atom is -0.369 e. The molecule has 3 aromatic heterocycles. The van der Waals surface area contributed by atoms with Gasteiger partial charge in [0.2, 0.25) is 10.0 Å². The maximum Gasteiger partial charge on any atom is 0.244 e. The van der Waals surface area contributed by atoms with Crippen molar-refractivity contribution in [1.29, 1.82) is 0 Å². The molecule has 0 saturated carbocycles. The number of hydrogen-bond donors (Lipinski definition) is 2. The maximum absolute atomic E-state index is 12.5. The zero-order valence-corrected chi connectivity index (χ0v) is 17.4. The molecule has 3 rings (SSSR count). The van der Waals surface area contributed by atoms with Crippen LogP contribution >= 0.6 is 0 Å². The molecular formula is C17H24N8O2S. The highest BCUT2D eigenvalue weighted by molar-refractivity contribution is 7.89. The van der Waals surface area contributed by atoms with E-state index in [1.807, 2.05) is 18.4 Å². The number of rotatable bonds is 7. The number of sulfonamides is 1. The monoisotopic (exact) mass is 404 g/mol. The third-order valence-electron chi connectivity index (χ3n) is 4.59. The molecular weight excluding hydrogens is 380 g/mol. The first-order valence-electron chi connectivity index (χ1n) is 8.77. The lowest BCUT2D eigenvalue weighted by Gasteiger charge is -2.10. The van der Waals surface area contributed by atoms with Crippen LogP contribution in [0.4, 0.5) is 5.82 Å². The van der Waals surface area contributed by atoms with Crippen molar-refractivity contribution in [1.82, 2.24) is 34.0 Å². The lowest BCUT2D eigenvalue weighted by molar-refractivity contribution is 0.581. The van der Waals surface area contributed by atoms with Crippen LogP contribution in [0.25, 0.3) is 5.82 Å². The Morgan fingerprint density at radius 2 is 1.75 bits per heavy atom. The minimum absolute atomic E-state index is 0.207. The van der Waals surface area contributed by atoms with E-state index in [1.54, 1.807) is 38.0 Å². The number of nitrogens with zero attached hydrogens (tertiary/aromatic N) is 6. The molecule has 2 N–H and O–H groups in total. The van der Waals surface area contributed by atoms with Gasteiger partial charge in [-0.1, -0.05) is 0 Å². The van der Waals surface area contributed by atoms with Crippen LogP contribution in [-0.4, -0.2) is 50.8 Å². The van der Waals surface area contributed by atoms with Crippen LogP contribution in [0.5, 0.6) is 0 Å². The lowest BCUT2D eigenvalue weighted by atomic mass is 10.4. The quantitative estimate of drug-likeness (QED) is 0.564. The molecule has 0 aliphatic rings. The summed E-state index contributed by atoms with van der Waals surface area (Å²) in [5.41, 5.74) is 3.01. The van der Waals surface area contributed by atoms with Crippen molar-refractivity contribution in [2.75, 3.05) is 18.4 Å². The molecule has 0 spiro atoms. The fourth-order valence-electron chi connectivity index (χ4n) is 2.90. The molecule has 0 fully saturated rings. The molecule has 11 heteroatoms. The van der Waals surface area contributed by atoms with Crippen LogP contribution < -0.4 is 10.0 Å². The molecule has 3 aromatic rings. The van der Waals surface area contributed by atoms with E-state index in [4.69, 9.17) is 0 Å². The molecule has 3 heterocycles. The van der Waals surface area contributed by atoms with E-state index >= 15 is 0 Å². The molecule has 0 bridgehead atoms. The molecule has 0 unspecified atom stereocenters. The normalized spacial score (nSPS) is 11.8. The molecule has 0 radical (unpaired) electrons. The van der Waals surface area contributed by atoms with Crippen LogP contribution in [0.3, 0.4) is 0 Å². The molecule has 150 valence electrons. The molecule has 0 saturated heterocycles. The Balaban J connectivity index is 1.63. The van der Waals surface area contributed by atoms with E-state index in [0.29, 0.717) is 29.6 Å². The Labute approximate surface area is 164 Å². The summed E-state index contributed by atoms with van der Waals surface area (Å²) in [6.07, 6.45) is 3.17. The first-order chi connectivity index (χ1) is 13.2. The summed E-state index contributed by atoms with van der Waals surface area (Å²) in [6, 6.07) is 1.79. The average molecular weight is 405 g/mol. The van der Waals surface area contributed by atoms with Crippen molar-refractivity contribution >= 4 is 15.8 Å². The van der Waals surface area contributed by atoms with Gasteiger partial charge in [0.05, 0.1) is 17.1 Å².